The van der Waals surface area contributed by atoms with Gasteiger partial charge in [0.2, 0.25) is 0 Å². The highest BCUT2D eigenvalue weighted by atomic mass is 32.1. The van der Waals surface area contributed by atoms with Crippen LogP contribution in [0.3, 0.4) is 0 Å². The van der Waals surface area contributed by atoms with Crippen LogP contribution in [0.5, 0.6) is 11.5 Å². The van der Waals surface area contributed by atoms with Gasteiger partial charge in [-0.25, -0.2) is 4.98 Å². The van der Waals surface area contributed by atoms with Crippen molar-refractivity contribution >= 4 is 27.5 Å². The molecule has 27 heavy (non-hydrogen) atoms. The number of benzene rings is 1. The smallest absolute Gasteiger partial charge is 0.312 e. The van der Waals surface area contributed by atoms with Gasteiger partial charge in [-0.3, -0.25) is 14.2 Å². The van der Waals surface area contributed by atoms with Gasteiger partial charge in [0.25, 0.3) is 5.56 Å². The lowest BCUT2D eigenvalue weighted by atomic mass is 9.97. The Hall–Kier alpha value is -2.67. The molecule has 140 valence electrons. The Morgan fingerprint density at radius 2 is 1.93 bits per heavy atom. The quantitative estimate of drug-likeness (QED) is 0.498. The van der Waals surface area contributed by atoms with Gasteiger partial charge >= 0.3 is 5.97 Å². The molecule has 4 rings (SSSR count). The summed E-state index contributed by atoms with van der Waals surface area (Å²) in [4.78, 5) is 31.5. The third-order valence-electron chi connectivity index (χ3n) is 4.79. The van der Waals surface area contributed by atoms with Gasteiger partial charge in [-0.15, -0.1) is 11.3 Å². The first kappa shape index (κ1) is 17.7. The van der Waals surface area contributed by atoms with Crippen LogP contribution < -0.4 is 15.0 Å². The molecule has 6 nitrogen and oxygen atoms in total. The zero-order valence-electron chi connectivity index (χ0n) is 15.1. The minimum atomic E-state index is -0.389. The molecule has 0 radical (unpaired) electrons. The molecule has 2 aromatic heterocycles. The zero-order chi connectivity index (χ0) is 18.8. The Morgan fingerprint density at radius 3 is 2.70 bits per heavy atom. The average molecular weight is 384 g/mol. The second kappa shape index (κ2) is 7.52. The van der Waals surface area contributed by atoms with Crippen LogP contribution in [-0.4, -0.2) is 22.6 Å². The van der Waals surface area contributed by atoms with Gasteiger partial charge in [-0.1, -0.05) is 0 Å². The van der Waals surface area contributed by atoms with E-state index in [1.165, 1.54) is 22.2 Å². The molecular formula is C20H20N2O4S. The van der Waals surface area contributed by atoms with Crippen molar-refractivity contribution in [3.05, 3.63) is 51.4 Å². The molecular weight excluding hydrogens is 364 g/mol. The van der Waals surface area contributed by atoms with Crippen molar-refractivity contribution in [2.45, 2.75) is 38.6 Å². The SMILES string of the molecule is COc1ccc(OC(=O)CCn2cnc3sc4c(c3c2=O)CCCC4)cc1. The highest BCUT2D eigenvalue weighted by Gasteiger charge is 2.20. The van der Waals surface area contributed by atoms with Crippen LogP contribution in [0.1, 0.15) is 29.7 Å². The van der Waals surface area contributed by atoms with Crippen LogP contribution in [0.2, 0.25) is 0 Å². The van der Waals surface area contributed by atoms with Crippen molar-refractivity contribution in [3.8, 4) is 11.5 Å². The molecule has 0 saturated carbocycles. The lowest BCUT2D eigenvalue weighted by molar-refractivity contribution is -0.134. The molecule has 1 aliphatic carbocycles. The first-order valence-electron chi connectivity index (χ1n) is 9.00. The molecule has 0 bridgehead atoms. The van der Waals surface area contributed by atoms with Crippen LogP contribution in [0.4, 0.5) is 0 Å². The number of methoxy groups -OCH3 is 1. The molecule has 0 saturated heterocycles. The third-order valence-corrected chi connectivity index (χ3v) is 5.99. The summed E-state index contributed by atoms with van der Waals surface area (Å²) in [6, 6.07) is 6.80. The second-order valence-electron chi connectivity index (χ2n) is 6.53. The minimum Gasteiger partial charge on any atom is -0.497 e. The number of fused-ring (bicyclic) bond motifs is 3. The molecule has 0 unspecified atom stereocenters. The second-order valence-corrected chi connectivity index (χ2v) is 7.62. The van der Waals surface area contributed by atoms with Crippen molar-refractivity contribution < 1.29 is 14.3 Å². The molecule has 1 aromatic carbocycles. The number of aromatic nitrogens is 2. The molecule has 0 fully saturated rings. The molecule has 0 spiro atoms. The molecule has 0 atom stereocenters. The Balaban J connectivity index is 1.47. The van der Waals surface area contributed by atoms with Crippen LogP contribution in [0, 0.1) is 0 Å². The van der Waals surface area contributed by atoms with Crippen LogP contribution in [0.15, 0.2) is 35.4 Å². The Kier molecular flexibility index (Phi) is 4.94. The summed E-state index contributed by atoms with van der Waals surface area (Å²) >= 11 is 1.63. The highest BCUT2D eigenvalue weighted by molar-refractivity contribution is 7.18. The molecule has 3 aromatic rings. The number of hydrogen-bond donors (Lipinski definition) is 0. The Bertz CT molecular complexity index is 1040. The predicted molar refractivity (Wildman–Crippen MR) is 104 cm³/mol. The van der Waals surface area contributed by atoms with E-state index in [0.29, 0.717) is 11.5 Å². The number of ether oxygens (including phenoxy) is 2. The number of hydrogen-bond acceptors (Lipinski definition) is 6. The van der Waals surface area contributed by atoms with E-state index in [1.54, 1.807) is 42.7 Å². The first-order chi connectivity index (χ1) is 13.2. The standard InChI is InChI=1S/C20H20N2O4S/c1-25-13-6-8-14(9-7-13)26-17(23)10-11-22-12-21-19-18(20(22)24)15-4-2-3-5-16(15)27-19/h6-9,12H,2-5,10-11H2,1H3. The van der Waals surface area contributed by atoms with Gasteiger partial charge in [0.15, 0.2) is 0 Å². The van der Waals surface area contributed by atoms with Crippen molar-refractivity contribution in [3.63, 3.8) is 0 Å². The largest absolute Gasteiger partial charge is 0.497 e. The fourth-order valence-electron chi connectivity index (χ4n) is 3.38. The van der Waals surface area contributed by atoms with Crippen LogP contribution >= 0.6 is 11.3 Å². The Morgan fingerprint density at radius 1 is 1.19 bits per heavy atom. The average Bonchev–Trinajstić information content (AvgIpc) is 3.07. The molecule has 7 heteroatoms. The van der Waals surface area contributed by atoms with Crippen molar-refractivity contribution in [2.75, 3.05) is 7.11 Å². The summed E-state index contributed by atoms with van der Waals surface area (Å²) in [6.07, 6.45) is 5.89. The van der Waals surface area contributed by atoms with E-state index < -0.39 is 0 Å². The van der Waals surface area contributed by atoms with E-state index in [4.69, 9.17) is 9.47 Å². The molecule has 0 amide bonds. The molecule has 2 heterocycles. The first-order valence-corrected chi connectivity index (χ1v) is 9.82. The fourth-order valence-corrected chi connectivity index (χ4v) is 4.60. The van der Waals surface area contributed by atoms with Crippen molar-refractivity contribution in [1.29, 1.82) is 0 Å². The lowest BCUT2D eigenvalue weighted by Crippen LogP contribution is -2.23. The lowest BCUT2D eigenvalue weighted by Gasteiger charge is -2.10. The maximum atomic E-state index is 12.9. The van der Waals surface area contributed by atoms with E-state index in [2.05, 4.69) is 4.98 Å². The number of thiophene rings is 1. The summed E-state index contributed by atoms with van der Waals surface area (Å²) in [7, 11) is 1.58. The minimum absolute atomic E-state index is 0.0587. The van der Waals surface area contributed by atoms with Crippen molar-refractivity contribution in [2.24, 2.45) is 0 Å². The summed E-state index contributed by atoms with van der Waals surface area (Å²) in [5.41, 5.74) is 1.10. The predicted octanol–water partition coefficient (Wildman–Crippen LogP) is 3.34. The monoisotopic (exact) mass is 384 g/mol. The van der Waals surface area contributed by atoms with Crippen LogP contribution in [-0.2, 0) is 24.2 Å². The van der Waals surface area contributed by atoms with E-state index in [9.17, 15) is 9.59 Å². The summed E-state index contributed by atoms with van der Waals surface area (Å²) in [5.74, 6) is 0.757. The number of esters is 1. The van der Waals surface area contributed by atoms with Gasteiger partial charge in [-0.2, -0.15) is 0 Å². The maximum Gasteiger partial charge on any atom is 0.312 e. The number of carbonyl (C=O) groups is 1. The normalized spacial score (nSPS) is 13.4. The van der Waals surface area contributed by atoms with Crippen LogP contribution in [0.25, 0.3) is 10.2 Å². The van der Waals surface area contributed by atoms with Gasteiger partial charge < -0.3 is 9.47 Å². The molecule has 0 N–H and O–H groups in total. The number of carbonyl (C=O) groups excluding carboxylic acids is 1. The van der Waals surface area contributed by atoms with Gasteiger partial charge in [0, 0.05) is 11.4 Å². The van der Waals surface area contributed by atoms with Crippen molar-refractivity contribution in [1.82, 2.24) is 9.55 Å². The fraction of sp³-hybridized carbons (Fsp3) is 0.350. The topological polar surface area (TPSA) is 70.4 Å². The van der Waals surface area contributed by atoms with E-state index in [1.807, 2.05) is 0 Å². The van der Waals surface area contributed by atoms with E-state index >= 15 is 0 Å². The van der Waals surface area contributed by atoms with Gasteiger partial charge in [0.05, 0.1) is 25.2 Å². The Labute approximate surface area is 160 Å². The van der Waals surface area contributed by atoms with E-state index in [0.717, 1.165) is 35.0 Å². The van der Waals surface area contributed by atoms with E-state index in [-0.39, 0.29) is 24.5 Å². The maximum absolute atomic E-state index is 12.9. The molecule has 0 aliphatic heterocycles. The summed E-state index contributed by atoms with van der Waals surface area (Å²) < 4.78 is 11.9. The summed E-state index contributed by atoms with van der Waals surface area (Å²) in [6.45, 7) is 0.251. The molecule has 1 aliphatic rings. The summed E-state index contributed by atoms with van der Waals surface area (Å²) in [5, 5.41) is 0.737. The van der Waals surface area contributed by atoms with Gasteiger partial charge in [-0.05, 0) is 55.5 Å². The number of rotatable bonds is 5. The zero-order valence-corrected chi connectivity index (χ0v) is 15.9. The number of nitrogens with zero attached hydrogens (tertiary/aromatic N) is 2. The number of aryl methyl sites for hydroxylation is 3. The van der Waals surface area contributed by atoms with Gasteiger partial charge in [0.1, 0.15) is 16.3 Å². The highest BCUT2D eigenvalue weighted by Crippen LogP contribution is 2.33. The third kappa shape index (κ3) is 3.60.